The highest BCUT2D eigenvalue weighted by molar-refractivity contribution is 5.95. The molecule has 0 spiro atoms. The van der Waals surface area contributed by atoms with Gasteiger partial charge in [-0.1, -0.05) is 0 Å². The zero-order valence-electron chi connectivity index (χ0n) is 12.0. The highest BCUT2D eigenvalue weighted by Gasteiger charge is 2.29. The van der Waals surface area contributed by atoms with Crippen LogP contribution in [0.3, 0.4) is 0 Å². The number of amides is 1. The molecule has 5 nitrogen and oxygen atoms in total. The molecule has 0 radical (unpaired) electrons. The molecule has 1 aromatic heterocycles. The van der Waals surface area contributed by atoms with Crippen molar-refractivity contribution in [3.05, 3.63) is 33.7 Å². The van der Waals surface area contributed by atoms with Gasteiger partial charge in [0.2, 0.25) is 0 Å². The molecule has 0 aromatic carbocycles. The number of aromatic nitrogens is 1. The first-order chi connectivity index (χ1) is 9.56. The van der Waals surface area contributed by atoms with Crippen LogP contribution in [0.15, 0.2) is 16.9 Å². The zero-order valence-corrected chi connectivity index (χ0v) is 12.0. The van der Waals surface area contributed by atoms with Gasteiger partial charge in [-0.05, 0) is 32.8 Å². The largest absolute Gasteiger partial charge is 0.372 e. The second-order valence-corrected chi connectivity index (χ2v) is 5.75. The van der Waals surface area contributed by atoms with Gasteiger partial charge in [0, 0.05) is 31.4 Å². The van der Waals surface area contributed by atoms with Crippen LogP contribution < -0.4 is 5.56 Å². The Balaban J connectivity index is 1.92. The van der Waals surface area contributed by atoms with Crippen LogP contribution in [0.25, 0.3) is 0 Å². The van der Waals surface area contributed by atoms with Crippen LogP contribution in [0.1, 0.15) is 36.3 Å². The number of hydrogen-bond acceptors (Lipinski definition) is 3. The first kappa shape index (κ1) is 13.4. The first-order valence-corrected chi connectivity index (χ1v) is 7.23. The van der Waals surface area contributed by atoms with Crippen LogP contribution >= 0.6 is 0 Å². The van der Waals surface area contributed by atoms with Crippen molar-refractivity contribution in [3.8, 4) is 0 Å². The van der Waals surface area contributed by atoms with Gasteiger partial charge >= 0.3 is 0 Å². The fourth-order valence-corrected chi connectivity index (χ4v) is 3.25. The van der Waals surface area contributed by atoms with Crippen molar-refractivity contribution in [1.82, 2.24) is 9.47 Å². The Morgan fingerprint density at radius 2 is 1.95 bits per heavy atom. The Labute approximate surface area is 118 Å². The van der Waals surface area contributed by atoms with E-state index in [0.29, 0.717) is 18.7 Å². The summed E-state index contributed by atoms with van der Waals surface area (Å²) in [7, 11) is 0. The average molecular weight is 276 g/mol. The van der Waals surface area contributed by atoms with Crippen molar-refractivity contribution in [2.24, 2.45) is 0 Å². The van der Waals surface area contributed by atoms with Crippen LogP contribution in [0.4, 0.5) is 0 Å². The molecule has 3 heterocycles. The molecule has 3 rings (SSSR count). The number of fused-ring (bicyclic) bond motifs is 1. The average Bonchev–Trinajstić information content (AvgIpc) is 2.87. The minimum atomic E-state index is -0.00207. The molecule has 2 atom stereocenters. The summed E-state index contributed by atoms with van der Waals surface area (Å²) in [5.41, 5.74) is 1.58. The molecule has 0 saturated carbocycles. The van der Waals surface area contributed by atoms with Gasteiger partial charge in [-0.15, -0.1) is 0 Å². The Hall–Kier alpha value is -1.62. The van der Waals surface area contributed by atoms with Crippen LogP contribution in [0, 0.1) is 0 Å². The lowest BCUT2D eigenvalue weighted by molar-refractivity contribution is -0.0586. The smallest absolute Gasteiger partial charge is 0.255 e. The zero-order chi connectivity index (χ0) is 14.3. The Morgan fingerprint density at radius 1 is 1.25 bits per heavy atom. The van der Waals surface area contributed by atoms with E-state index in [9.17, 15) is 9.59 Å². The number of morpholine rings is 1. The van der Waals surface area contributed by atoms with Crippen LogP contribution in [-0.2, 0) is 17.7 Å². The Morgan fingerprint density at radius 3 is 2.65 bits per heavy atom. The summed E-state index contributed by atoms with van der Waals surface area (Å²) in [5, 5.41) is 0. The summed E-state index contributed by atoms with van der Waals surface area (Å²) >= 11 is 0. The van der Waals surface area contributed by atoms with E-state index in [4.69, 9.17) is 4.74 Å². The molecular weight excluding hydrogens is 256 g/mol. The van der Waals surface area contributed by atoms with Crippen LogP contribution in [0.2, 0.25) is 0 Å². The Kier molecular flexibility index (Phi) is 3.38. The fourth-order valence-electron chi connectivity index (χ4n) is 3.25. The quantitative estimate of drug-likeness (QED) is 0.770. The highest BCUT2D eigenvalue weighted by Crippen LogP contribution is 2.20. The van der Waals surface area contributed by atoms with E-state index in [0.717, 1.165) is 25.1 Å². The molecule has 2 unspecified atom stereocenters. The molecular formula is C15H20N2O3. The number of ether oxygens (including phenoxy) is 1. The minimum Gasteiger partial charge on any atom is -0.372 e. The van der Waals surface area contributed by atoms with Gasteiger partial charge in [0.05, 0.1) is 17.8 Å². The summed E-state index contributed by atoms with van der Waals surface area (Å²) in [6.07, 6.45) is 1.87. The summed E-state index contributed by atoms with van der Waals surface area (Å²) in [5.74, 6) is 0.0256. The van der Waals surface area contributed by atoms with Gasteiger partial charge in [0.1, 0.15) is 0 Å². The topological polar surface area (TPSA) is 51.5 Å². The molecule has 0 N–H and O–H groups in total. The van der Waals surface area contributed by atoms with E-state index >= 15 is 0 Å². The van der Waals surface area contributed by atoms with Crippen molar-refractivity contribution < 1.29 is 9.53 Å². The van der Waals surface area contributed by atoms with Crippen molar-refractivity contribution in [3.63, 3.8) is 0 Å². The number of carbonyl (C=O) groups excluding carboxylic acids is 1. The highest BCUT2D eigenvalue weighted by atomic mass is 16.5. The van der Waals surface area contributed by atoms with Gasteiger partial charge in [0.25, 0.3) is 11.5 Å². The molecule has 1 saturated heterocycles. The number of nitrogens with zero attached hydrogens (tertiary/aromatic N) is 2. The number of hydrogen-bond donors (Lipinski definition) is 0. The van der Waals surface area contributed by atoms with E-state index in [1.54, 1.807) is 10.6 Å². The number of carbonyl (C=O) groups is 1. The molecule has 0 aliphatic carbocycles. The second kappa shape index (κ2) is 5.05. The van der Waals surface area contributed by atoms with Crippen LogP contribution in [0.5, 0.6) is 0 Å². The lowest BCUT2D eigenvalue weighted by atomic mass is 10.1. The van der Waals surface area contributed by atoms with Crippen LogP contribution in [-0.4, -0.2) is 40.7 Å². The van der Waals surface area contributed by atoms with Crippen molar-refractivity contribution in [2.75, 3.05) is 13.1 Å². The molecule has 1 fully saturated rings. The molecule has 1 aromatic rings. The van der Waals surface area contributed by atoms with Gasteiger partial charge < -0.3 is 14.2 Å². The fraction of sp³-hybridized carbons (Fsp3) is 0.600. The first-order valence-electron chi connectivity index (χ1n) is 7.23. The molecule has 20 heavy (non-hydrogen) atoms. The third-order valence-electron chi connectivity index (χ3n) is 4.03. The number of pyridine rings is 1. The van der Waals surface area contributed by atoms with E-state index in [1.807, 2.05) is 18.7 Å². The maximum atomic E-state index is 12.7. The molecule has 108 valence electrons. The maximum Gasteiger partial charge on any atom is 0.255 e. The van der Waals surface area contributed by atoms with E-state index in [2.05, 4.69) is 0 Å². The normalized spacial score (nSPS) is 25.6. The molecule has 1 amide bonds. The molecule has 2 aliphatic heterocycles. The van der Waals surface area contributed by atoms with Crippen molar-refractivity contribution in [1.29, 1.82) is 0 Å². The third-order valence-corrected chi connectivity index (χ3v) is 4.03. The summed E-state index contributed by atoms with van der Waals surface area (Å²) in [4.78, 5) is 26.3. The summed E-state index contributed by atoms with van der Waals surface area (Å²) < 4.78 is 7.40. The van der Waals surface area contributed by atoms with Gasteiger partial charge in [-0.3, -0.25) is 9.59 Å². The van der Waals surface area contributed by atoms with Crippen molar-refractivity contribution in [2.45, 2.75) is 45.4 Å². The van der Waals surface area contributed by atoms with Gasteiger partial charge in [0.15, 0.2) is 0 Å². The summed E-state index contributed by atoms with van der Waals surface area (Å²) in [6.45, 7) is 5.92. The minimum absolute atomic E-state index is 0.00207. The monoisotopic (exact) mass is 276 g/mol. The van der Waals surface area contributed by atoms with Gasteiger partial charge in [-0.2, -0.15) is 0 Å². The molecule has 0 bridgehead atoms. The van der Waals surface area contributed by atoms with E-state index in [-0.39, 0.29) is 23.7 Å². The Bertz CT molecular complexity index is 583. The second-order valence-electron chi connectivity index (χ2n) is 5.75. The SMILES string of the molecule is CC1CN(C(=O)c2ccc(=O)n3c2CCC3)CC(C)O1. The van der Waals surface area contributed by atoms with Crippen molar-refractivity contribution >= 4 is 5.91 Å². The standard InChI is InChI=1S/C15H20N2O3/c1-10-8-16(9-11(2)20-10)15(19)12-5-6-14(18)17-7-3-4-13(12)17/h5-6,10-11H,3-4,7-9H2,1-2H3. The van der Waals surface area contributed by atoms with Gasteiger partial charge in [-0.25, -0.2) is 0 Å². The molecule has 2 aliphatic rings. The number of rotatable bonds is 1. The summed E-state index contributed by atoms with van der Waals surface area (Å²) in [6, 6.07) is 3.20. The maximum absolute atomic E-state index is 12.7. The lowest BCUT2D eigenvalue weighted by Gasteiger charge is -2.35. The third kappa shape index (κ3) is 2.26. The molecule has 5 heteroatoms. The van der Waals surface area contributed by atoms with E-state index in [1.165, 1.54) is 6.07 Å². The predicted octanol–water partition coefficient (Wildman–Crippen LogP) is 1.04. The lowest BCUT2D eigenvalue weighted by Crippen LogP contribution is -2.48. The van der Waals surface area contributed by atoms with E-state index < -0.39 is 0 Å². The predicted molar refractivity (Wildman–Crippen MR) is 74.9 cm³/mol.